The van der Waals surface area contributed by atoms with Gasteiger partial charge in [0.2, 0.25) is 0 Å². The molecular formula is C26H23ClF2N4O4S2. The minimum absolute atomic E-state index is 0.000155. The average Bonchev–Trinajstić information content (AvgIpc) is 3.60. The fourth-order valence-electron chi connectivity index (χ4n) is 4.75. The number of aromatic nitrogens is 2. The van der Waals surface area contributed by atoms with Crippen LogP contribution in [0, 0.1) is 17.6 Å². The molecule has 1 aliphatic heterocycles. The van der Waals surface area contributed by atoms with E-state index in [1.165, 1.54) is 28.7 Å². The third kappa shape index (κ3) is 5.59. The van der Waals surface area contributed by atoms with Gasteiger partial charge in [0.25, 0.3) is 0 Å². The fraction of sp³-hybridized carbons (Fsp3) is 0.346. The molecule has 1 aromatic carbocycles. The quantitative estimate of drug-likeness (QED) is 0.271. The Kier molecular flexibility index (Phi) is 8.06. The van der Waals surface area contributed by atoms with Crippen LogP contribution in [-0.4, -0.2) is 39.5 Å². The molecule has 3 aromatic rings. The molecule has 3 heterocycles. The summed E-state index contributed by atoms with van der Waals surface area (Å²) in [5, 5.41) is 15.0. The number of carbonyl (C=O) groups is 2. The SMILES string of the molecule is CCOC(=O)C1=C(C2CCc3sc(CCC(=O)O)nc3C2)NC(c2nccs2)=NC1c1ccc(F)c(F)c1Cl. The van der Waals surface area contributed by atoms with Crippen LogP contribution in [0.3, 0.4) is 0 Å². The highest BCUT2D eigenvalue weighted by atomic mass is 35.5. The highest BCUT2D eigenvalue weighted by molar-refractivity contribution is 7.12. The molecule has 39 heavy (non-hydrogen) atoms. The number of amidine groups is 1. The lowest BCUT2D eigenvalue weighted by atomic mass is 9.83. The number of nitrogens with one attached hydrogen (secondary N) is 1. The number of carboxylic acids is 1. The molecule has 0 spiro atoms. The molecule has 0 saturated carbocycles. The van der Waals surface area contributed by atoms with E-state index in [2.05, 4.69) is 10.3 Å². The van der Waals surface area contributed by atoms with Gasteiger partial charge in [-0.2, -0.15) is 0 Å². The maximum absolute atomic E-state index is 14.6. The van der Waals surface area contributed by atoms with Gasteiger partial charge in [0.05, 0.1) is 34.3 Å². The zero-order valence-electron chi connectivity index (χ0n) is 20.7. The molecule has 2 atom stereocenters. The lowest BCUT2D eigenvalue weighted by molar-refractivity contribution is -0.139. The van der Waals surface area contributed by atoms with E-state index < -0.39 is 34.6 Å². The van der Waals surface area contributed by atoms with Crippen molar-refractivity contribution in [1.82, 2.24) is 15.3 Å². The number of esters is 1. The van der Waals surface area contributed by atoms with Crippen LogP contribution < -0.4 is 5.32 Å². The molecule has 2 N–H and O–H groups in total. The number of hydrogen-bond donors (Lipinski definition) is 2. The largest absolute Gasteiger partial charge is 0.481 e. The number of thiazole rings is 2. The molecule has 0 fully saturated rings. The van der Waals surface area contributed by atoms with Crippen molar-refractivity contribution in [2.24, 2.45) is 10.9 Å². The van der Waals surface area contributed by atoms with Gasteiger partial charge < -0.3 is 15.2 Å². The van der Waals surface area contributed by atoms with E-state index in [9.17, 15) is 18.4 Å². The monoisotopic (exact) mass is 592 g/mol. The molecule has 204 valence electrons. The van der Waals surface area contributed by atoms with Crippen LogP contribution in [0.15, 0.2) is 40.0 Å². The maximum Gasteiger partial charge on any atom is 0.338 e. The number of ether oxygens (including phenoxy) is 1. The van der Waals surface area contributed by atoms with Crippen LogP contribution in [0.1, 0.15) is 52.0 Å². The van der Waals surface area contributed by atoms with Crippen molar-refractivity contribution >= 4 is 52.0 Å². The fourth-order valence-corrected chi connectivity index (χ4v) is 6.70. The summed E-state index contributed by atoms with van der Waals surface area (Å²) in [6.07, 6.45) is 3.82. The summed E-state index contributed by atoms with van der Waals surface area (Å²) in [5.74, 6) is -3.67. The van der Waals surface area contributed by atoms with Gasteiger partial charge in [0.15, 0.2) is 22.5 Å². The van der Waals surface area contributed by atoms with Gasteiger partial charge in [0.1, 0.15) is 6.04 Å². The van der Waals surface area contributed by atoms with Gasteiger partial charge >= 0.3 is 11.9 Å². The Bertz CT molecular complexity index is 1490. The molecule has 2 aromatic heterocycles. The number of aryl methyl sites for hydroxylation is 2. The van der Waals surface area contributed by atoms with Crippen molar-refractivity contribution in [3.63, 3.8) is 0 Å². The number of halogens is 3. The van der Waals surface area contributed by atoms with Gasteiger partial charge in [0, 0.05) is 40.1 Å². The van der Waals surface area contributed by atoms with Crippen LogP contribution in [-0.2, 0) is 33.6 Å². The van der Waals surface area contributed by atoms with E-state index in [0.29, 0.717) is 42.2 Å². The van der Waals surface area contributed by atoms with Crippen LogP contribution in [0.5, 0.6) is 0 Å². The Morgan fingerprint density at radius 3 is 2.85 bits per heavy atom. The second kappa shape index (κ2) is 11.5. The number of allylic oxidation sites excluding steroid dienone is 1. The summed E-state index contributed by atoms with van der Waals surface area (Å²) in [6, 6.07) is 1.22. The standard InChI is InChI=1S/C26H23ClF2N4O4S2/c1-2-37-26(36)19-22(12-3-6-16-15(11-12)31-17(39-16)7-8-18(34)35)32-24(25-30-9-10-38-25)33-23(19)13-4-5-14(28)21(29)20(13)27/h4-5,9-10,12,23H,2-3,6-8,11H2,1H3,(H,32,33)(H,34,35). The average molecular weight is 593 g/mol. The van der Waals surface area contributed by atoms with Crippen LogP contribution in [0.2, 0.25) is 5.02 Å². The number of fused-ring (bicyclic) bond motifs is 1. The molecule has 1 aliphatic carbocycles. The zero-order valence-corrected chi connectivity index (χ0v) is 23.1. The predicted octanol–water partition coefficient (Wildman–Crippen LogP) is 5.26. The Balaban J connectivity index is 1.60. The van der Waals surface area contributed by atoms with Crippen LogP contribution in [0.25, 0.3) is 0 Å². The molecule has 13 heteroatoms. The highest BCUT2D eigenvalue weighted by Gasteiger charge is 2.38. The first-order chi connectivity index (χ1) is 18.8. The first-order valence-electron chi connectivity index (χ1n) is 12.2. The third-order valence-corrected chi connectivity index (χ3v) is 8.89. The van der Waals surface area contributed by atoms with Crippen molar-refractivity contribution in [3.8, 4) is 0 Å². The highest BCUT2D eigenvalue weighted by Crippen LogP contribution is 2.42. The second-order valence-corrected chi connectivity index (χ2v) is 11.4. The summed E-state index contributed by atoms with van der Waals surface area (Å²) in [7, 11) is 0. The number of rotatable bonds is 8. The van der Waals surface area contributed by atoms with Crippen molar-refractivity contribution in [2.75, 3.05) is 6.61 Å². The smallest absolute Gasteiger partial charge is 0.338 e. The number of benzene rings is 1. The number of aliphatic imine (C=N–C) groups is 1. The molecule has 2 aliphatic rings. The lowest BCUT2D eigenvalue weighted by Gasteiger charge is -2.33. The zero-order chi connectivity index (χ0) is 27.7. The topological polar surface area (TPSA) is 114 Å². The number of carbonyl (C=O) groups excluding carboxylic acids is 1. The molecular weight excluding hydrogens is 570 g/mol. The molecule has 5 rings (SSSR count). The van der Waals surface area contributed by atoms with E-state index in [1.54, 1.807) is 18.5 Å². The van der Waals surface area contributed by atoms with E-state index in [4.69, 9.17) is 31.4 Å². The van der Waals surface area contributed by atoms with Gasteiger partial charge in [-0.15, -0.1) is 22.7 Å². The molecule has 0 amide bonds. The summed E-state index contributed by atoms with van der Waals surface area (Å²) in [4.78, 5) is 39.2. The van der Waals surface area contributed by atoms with E-state index in [-0.39, 0.29) is 30.1 Å². The summed E-state index contributed by atoms with van der Waals surface area (Å²) in [6.45, 7) is 1.78. The first kappa shape index (κ1) is 27.4. The van der Waals surface area contributed by atoms with Crippen molar-refractivity contribution in [1.29, 1.82) is 0 Å². The van der Waals surface area contributed by atoms with Gasteiger partial charge in [-0.05, 0) is 32.3 Å². The lowest BCUT2D eigenvalue weighted by Crippen LogP contribution is -2.38. The molecule has 8 nitrogen and oxygen atoms in total. The normalized spacial score (nSPS) is 18.8. The minimum Gasteiger partial charge on any atom is -0.481 e. The van der Waals surface area contributed by atoms with E-state index in [1.807, 2.05) is 0 Å². The Labute approximate surface area is 235 Å². The summed E-state index contributed by atoms with van der Waals surface area (Å²) >= 11 is 9.11. The molecule has 0 bridgehead atoms. The van der Waals surface area contributed by atoms with Gasteiger partial charge in [-0.1, -0.05) is 17.7 Å². The Hall–Kier alpha value is -3.22. The van der Waals surface area contributed by atoms with E-state index >= 15 is 0 Å². The van der Waals surface area contributed by atoms with Crippen LogP contribution in [0.4, 0.5) is 8.78 Å². The summed E-state index contributed by atoms with van der Waals surface area (Å²) < 4.78 is 33.9. The number of nitrogens with zero attached hydrogens (tertiary/aromatic N) is 3. The van der Waals surface area contributed by atoms with E-state index in [0.717, 1.165) is 21.6 Å². The van der Waals surface area contributed by atoms with Crippen molar-refractivity contribution in [2.45, 2.75) is 45.1 Å². The number of hydrogen-bond acceptors (Lipinski definition) is 9. The molecule has 0 radical (unpaired) electrons. The first-order valence-corrected chi connectivity index (χ1v) is 14.3. The van der Waals surface area contributed by atoms with Crippen LogP contribution >= 0.6 is 34.3 Å². The molecule has 0 saturated heterocycles. The van der Waals surface area contributed by atoms with Gasteiger partial charge in [-0.25, -0.2) is 23.5 Å². The summed E-state index contributed by atoms with van der Waals surface area (Å²) in [5.41, 5.74) is 1.70. The Morgan fingerprint density at radius 1 is 1.31 bits per heavy atom. The minimum atomic E-state index is -1.22. The number of carboxylic acid groups (broad SMARTS) is 1. The second-order valence-electron chi connectivity index (χ2n) is 8.97. The predicted molar refractivity (Wildman–Crippen MR) is 143 cm³/mol. The third-order valence-electron chi connectivity index (χ3n) is 6.51. The van der Waals surface area contributed by atoms with Crippen molar-refractivity contribution < 1.29 is 28.2 Å². The Morgan fingerprint density at radius 2 is 2.13 bits per heavy atom. The van der Waals surface area contributed by atoms with Crippen molar-refractivity contribution in [3.05, 3.63) is 77.8 Å². The number of aliphatic carboxylic acids is 1. The maximum atomic E-state index is 14.6. The van der Waals surface area contributed by atoms with Gasteiger partial charge in [-0.3, -0.25) is 9.79 Å². The molecule has 2 unspecified atom stereocenters.